The van der Waals surface area contributed by atoms with Crippen molar-refractivity contribution in [3.05, 3.63) is 66.2 Å². The molecule has 0 spiro atoms. The van der Waals surface area contributed by atoms with Crippen LogP contribution in [-0.4, -0.2) is 19.7 Å². The van der Waals surface area contributed by atoms with E-state index in [0.29, 0.717) is 12.2 Å². The van der Waals surface area contributed by atoms with Crippen molar-refractivity contribution in [2.24, 2.45) is 0 Å². The SMILES string of the molecule is C=C(C)C(=O)OCCCCCCc1ccc(-c2ccc(OC)cc2)cc1. The largest absolute Gasteiger partial charge is 0.497 e. The monoisotopic (exact) mass is 352 g/mol. The van der Waals surface area contributed by atoms with Crippen LogP contribution < -0.4 is 4.74 Å². The van der Waals surface area contributed by atoms with Crippen molar-refractivity contribution in [2.45, 2.75) is 39.0 Å². The van der Waals surface area contributed by atoms with Gasteiger partial charge >= 0.3 is 5.97 Å². The van der Waals surface area contributed by atoms with Crippen molar-refractivity contribution in [1.82, 2.24) is 0 Å². The lowest BCUT2D eigenvalue weighted by atomic mass is 10.0. The molecule has 0 aliphatic rings. The maximum atomic E-state index is 11.3. The maximum absolute atomic E-state index is 11.3. The highest BCUT2D eigenvalue weighted by molar-refractivity contribution is 5.86. The Morgan fingerprint density at radius 1 is 0.885 bits per heavy atom. The van der Waals surface area contributed by atoms with Crippen LogP contribution >= 0.6 is 0 Å². The van der Waals surface area contributed by atoms with Crippen molar-refractivity contribution in [2.75, 3.05) is 13.7 Å². The van der Waals surface area contributed by atoms with Crippen LogP contribution in [0.1, 0.15) is 38.2 Å². The van der Waals surface area contributed by atoms with Gasteiger partial charge in [0.25, 0.3) is 0 Å². The fourth-order valence-electron chi connectivity index (χ4n) is 2.72. The molecule has 0 unspecified atom stereocenters. The van der Waals surface area contributed by atoms with Crippen molar-refractivity contribution in [3.63, 3.8) is 0 Å². The summed E-state index contributed by atoms with van der Waals surface area (Å²) in [4.78, 5) is 11.3. The molecule has 2 aromatic rings. The second kappa shape index (κ2) is 10.4. The number of unbranched alkanes of at least 4 members (excludes halogenated alkanes) is 3. The molecular weight excluding hydrogens is 324 g/mol. The van der Waals surface area contributed by atoms with Gasteiger partial charge in [-0.2, -0.15) is 0 Å². The molecule has 0 aliphatic carbocycles. The fourth-order valence-corrected chi connectivity index (χ4v) is 2.72. The van der Waals surface area contributed by atoms with Gasteiger partial charge in [-0.25, -0.2) is 4.79 Å². The Bertz CT molecular complexity index is 699. The smallest absolute Gasteiger partial charge is 0.333 e. The van der Waals surface area contributed by atoms with Crippen LogP contribution in [0, 0.1) is 0 Å². The molecule has 138 valence electrons. The van der Waals surface area contributed by atoms with Gasteiger partial charge in [-0.05, 0) is 55.0 Å². The minimum Gasteiger partial charge on any atom is -0.497 e. The van der Waals surface area contributed by atoms with Crippen LogP contribution in [0.2, 0.25) is 0 Å². The normalized spacial score (nSPS) is 10.4. The van der Waals surface area contributed by atoms with Gasteiger partial charge in [-0.15, -0.1) is 0 Å². The number of esters is 1. The Labute approximate surface area is 156 Å². The molecule has 26 heavy (non-hydrogen) atoms. The summed E-state index contributed by atoms with van der Waals surface area (Å²) in [7, 11) is 1.68. The van der Waals surface area contributed by atoms with E-state index in [-0.39, 0.29) is 5.97 Å². The number of carbonyl (C=O) groups excluding carboxylic acids is 1. The molecule has 0 fully saturated rings. The van der Waals surface area contributed by atoms with Crippen molar-refractivity contribution in [1.29, 1.82) is 0 Å². The van der Waals surface area contributed by atoms with Gasteiger partial charge in [0.15, 0.2) is 0 Å². The molecule has 0 aromatic heterocycles. The Balaban J connectivity index is 1.67. The average Bonchev–Trinajstić information content (AvgIpc) is 2.67. The fraction of sp³-hybridized carbons (Fsp3) is 0.348. The highest BCUT2D eigenvalue weighted by atomic mass is 16.5. The number of ether oxygens (including phenoxy) is 2. The molecule has 2 rings (SSSR count). The Morgan fingerprint density at radius 2 is 1.46 bits per heavy atom. The molecule has 3 nitrogen and oxygen atoms in total. The van der Waals surface area contributed by atoms with E-state index < -0.39 is 0 Å². The van der Waals surface area contributed by atoms with Gasteiger partial charge in [0.1, 0.15) is 5.75 Å². The van der Waals surface area contributed by atoms with Gasteiger partial charge in [0.2, 0.25) is 0 Å². The summed E-state index contributed by atoms with van der Waals surface area (Å²) in [5, 5.41) is 0. The van der Waals surface area contributed by atoms with E-state index in [0.717, 1.165) is 37.9 Å². The molecular formula is C23H28O3. The summed E-state index contributed by atoms with van der Waals surface area (Å²) in [6.45, 7) is 5.73. The van der Waals surface area contributed by atoms with Crippen LogP contribution in [0.5, 0.6) is 5.75 Å². The van der Waals surface area contributed by atoms with Crippen LogP contribution in [0.3, 0.4) is 0 Å². The van der Waals surface area contributed by atoms with Crippen LogP contribution in [0.15, 0.2) is 60.7 Å². The van der Waals surface area contributed by atoms with Crippen molar-refractivity contribution in [3.8, 4) is 16.9 Å². The van der Waals surface area contributed by atoms with Crippen LogP contribution in [-0.2, 0) is 16.0 Å². The molecule has 0 amide bonds. The summed E-state index contributed by atoms with van der Waals surface area (Å²) < 4.78 is 10.3. The first-order chi connectivity index (χ1) is 12.6. The van der Waals surface area contributed by atoms with Crippen molar-refractivity contribution < 1.29 is 14.3 Å². The molecule has 0 heterocycles. The Kier molecular flexibility index (Phi) is 7.94. The summed E-state index contributed by atoms with van der Waals surface area (Å²) >= 11 is 0. The summed E-state index contributed by atoms with van der Waals surface area (Å²) in [5.74, 6) is 0.585. The average molecular weight is 352 g/mol. The predicted octanol–water partition coefficient (Wildman–Crippen LogP) is 5.58. The van der Waals surface area contributed by atoms with Gasteiger partial charge in [0.05, 0.1) is 13.7 Å². The van der Waals surface area contributed by atoms with E-state index in [1.54, 1.807) is 14.0 Å². The van der Waals surface area contributed by atoms with Gasteiger partial charge in [-0.3, -0.25) is 0 Å². The molecule has 0 aliphatic heterocycles. The predicted molar refractivity (Wildman–Crippen MR) is 106 cm³/mol. The lowest BCUT2D eigenvalue weighted by molar-refractivity contribution is -0.139. The maximum Gasteiger partial charge on any atom is 0.333 e. The first-order valence-corrected chi connectivity index (χ1v) is 9.16. The molecule has 0 radical (unpaired) electrons. The Hall–Kier alpha value is -2.55. The number of rotatable bonds is 10. The van der Waals surface area contributed by atoms with Gasteiger partial charge in [0, 0.05) is 5.57 Å². The van der Waals surface area contributed by atoms with E-state index in [2.05, 4.69) is 43.0 Å². The van der Waals surface area contributed by atoms with E-state index in [4.69, 9.17) is 9.47 Å². The molecule has 0 saturated heterocycles. The highest BCUT2D eigenvalue weighted by Gasteiger charge is 2.02. The zero-order chi connectivity index (χ0) is 18.8. The summed E-state index contributed by atoms with van der Waals surface area (Å²) in [5.41, 5.74) is 4.23. The molecule has 0 atom stereocenters. The third kappa shape index (κ3) is 6.40. The quantitative estimate of drug-likeness (QED) is 0.318. The topological polar surface area (TPSA) is 35.5 Å². The second-order valence-electron chi connectivity index (χ2n) is 6.51. The van der Waals surface area contributed by atoms with Gasteiger partial charge < -0.3 is 9.47 Å². The number of carbonyl (C=O) groups is 1. The number of hydrogen-bond acceptors (Lipinski definition) is 3. The number of hydrogen-bond donors (Lipinski definition) is 0. The zero-order valence-corrected chi connectivity index (χ0v) is 15.8. The molecule has 3 heteroatoms. The lowest BCUT2D eigenvalue weighted by Gasteiger charge is -2.06. The highest BCUT2D eigenvalue weighted by Crippen LogP contribution is 2.23. The van der Waals surface area contributed by atoms with E-state index in [1.165, 1.54) is 16.7 Å². The number of methoxy groups -OCH3 is 1. The molecule has 2 aromatic carbocycles. The molecule has 0 bridgehead atoms. The first kappa shape index (κ1) is 19.8. The minimum atomic E-state index is -0.290. The minimum absolute atomic E-state index is 0.290. The van der Waals surface area contributed by atoms with Crippen molar-refractivity contribution >= 4 is 5.97 Å². The van der Waals surface area contributed by atoms with E-state index in [9.17, 15) is 4.79 Å². The molecule has 0 N–H and O–H groups in total. The summed E-state index contributed by atoms with van der Waals surface area (Å²) in [6.07, 6.45) is 5.36. The van der Waals surface area contributed by atoms with Gasteiger partial charge in [-0.1, -0.05) is 55.8 Å². The number of aryl methyl sites for hydroxylation is 1. The summed E-state index contributed by atoms with van der Waals surface area (Å²) in [6, 6.07) is 16.9. The molecule has 0 saturated carbocycles. The standard InChI is InChI=1S/C23H28O3/c1-18(2)23(24)26-17-7-5-4-6-8-19-9-11-20(12-10-19)21-13-15-22(25-3)16-14-21/h9-16H,1,4-8,17H2,2-3H3. The van der Waals surface area contributed by atoms with Crippen LogP contribution in [0.25, 0.3) is 11.1 Å². The first-order valence-electron chi connectivity index (χ1n) is 9.16. The third-order valence-electron chi connectivity index (χ3n) is 4.32. The van der Waals surface area contributed by atoms with E-state index in [1.807, 2.05) is 12.1 Å². The Morgan fingerprint density at radius 3 is 2.04 bits per heavy atom. The third-order valence-corrected chi connectivity index (χ3v) is 4.32. The van der Waals surface area contributed by atoms with E-state index >= 15 is 0 Å². The lowest BCUT2D eigenvalue weighted by Crippen LogP contribution is -2.06. The zero-order valence-electron chi connectivity index (χ0n) is 15.8. The van der Waals surface area contributed by atoms with Crippen LogP contribution in [0.4, 0.5) is 0 Å². The second-order valence-corrected chi connectivity index (χ2v) is 6.51. The number of benzene rings is 2.